The van der Waals surface area contributed by atoms with Crippen LogP contribution in [0.4, 0.5) is 13.8 Å². The highest BCUT2D eigenvalue weighted by Crippen LogP contribution is 2.44. The summed E-state index contributed by atoms with van der Waals surface area (Å²) in [5.74, 6) is -3.05. The molecule has 1 aromatic carbocycles. The fourth-order valence-electron chi connectivity index (χ4n) is 3.55. The van der Waals surface area contributed by atoms with Crippen molar-refractivity contribution in [2.45, 2.75) is 40.0 Å². The molecule has 7 heteroatoms. The summed E-state index contributed by atoms with van der Waals surface area (Å²) in [4.78, 5) is 25.4. The molecule has 144 valence electrons. The Morgan fingerprint density at radius 2 is 1.81 bits per heavy atom. The van der Waals surface area contributed by atoms with E-state index in [9.17, 15) is 18.4 Å². The number of hydrogen-bond donors (Lipinski definition) is 2. The summed E-state index contributed by atoms with van der Waals surface area (Å²) in [5.41, 5.74) is 6.09. The second kappa shape index (κ2) is 7.03. The first-order valence-corrected chi connectivity index (χ1v) is 9.61. The monoisotopic (exact) mass is 392 g/mol. The highest BCUT2D eigenvalue weighted by molar-refractivity contribution is 7.17. The molecule has 0 unspecified atom stereocenters. The lowest BCUT2D eigenvalue weighted by molar-refractivity contribution is 0.1000. The number of nitrogens with one attached hydrogen (secondary N) is 1. The maximum Gasteiger partial charge on any atom is 0.262 e. The van der Waals surface area contributed by atoms with Gasteiger partial charge in [-0.15, -0.1) is 11.3 Å². The molecule has 4 nitrogen and oxygen atoms in total. The van der Waals surface area contributed by atoms with Gasteiger partial charge in [0.25, 0.3) is 11.8 Å². The summed E-state index contributed by atoms with van der Waals surface area (Å²) in [5, 5.41) is 2.76. The van der Waals surface area contributed by atoms with Gasteiger partial charge in [0.2, 0.25) is 0 Å². The first-order valence-electron chi connectivity index (χ1n) is 8.79. The number of hydrogen-bond acceptors (Lipinski definition) is 3. The minimum Gasteiger partial charge on any atom is -0.365 e. The highest BCUT2D eigenvalue weighted by Gasteiger charge is 2.33. The van der Waals surface area contributed by atoms with Gasteiger partial charge >= 0.3 is 0 Å². The van der Waals surface area contributed by atoms with Gasteiger partial charge in [0.15, 0.2) is 0 Å². The molecule has 1 aliphatic rings. The molecule has 27 heavy (non-hydrogen) atoms. The van der Waals surface area contributed by atoms with E-state index < -0.39 is 29.0 Å². The van der Waals surface area contributed by atoms with Crippen LogP contribution in [0.3, 0.4) is 0 Å². The molecule has 0 radical (unpaired) electrons. The van der Waals surface area contributed by atoms with E-state index in [0.29, 0.717) is 12.3 Å². The van der Waals surface area contributed by atoms with Gasteiger partial charge in [-0.1, -0.05) is 26.8 Å². The number of carbonyl (C=O) groups excluding carboxylic acids is 2. The van der Waals surface area contributed by atoms with E-state index in [1.165, 1.54) is 17.4 Å². The van der Waals surface area contributed by atoms with Gasteiger partial charge in [-0.25, -0.2) is 8.78 Å². The van der Waals surface area contributed by atoms with E-state index >= 15 is 0 Å². The van der Waals surface area contributed by atoms with Crippen LogP contribution in [-0.2, 0) is 12.8 Å². The number of rotatable bonds is 3. The van der Waals surface area contributed by atoms with Gasteiger partial charge < -0.3 is 11.1 Å². The lowest BCUT2D eigenvalue weighted by Gasteiger charge is -2.33. The number of halogens is 2. The number of benzene rings is 1. The van der Waals surface area contributed by atoms with Crippen molar-refractivity contribution >= 4 is 28.2 Å². The summed E-state index contributed by atoms with van der Waals surface area (Å²) in [6.07, 6.45) is 2.40. The zero-order valence-corrected chi connectivity index (χ0v) is 16.3. The van der Waals surface area contributed by atoms with Crippen LogP contribution < -0.4 is 11.1 Å². The van der Waals surface area contributed by atoms with Crippen molar-refractivity contribution < 1.29 is 18.4 Å². The summed E-state index contributed by atoms with van der Waals surface area (Å²) in [7, 11) is 0. The standard InChI is InChI=1S/C20H22F2N2O2S/c1-20(2,3)10-7-8-11-14(9-10)27-19(15(11)17(23)25)24-18(26)16-12(21)5-4-6-13(16)22/h4-6,10H,7-9H2,1-3H3,(H2,23,25)(H,24,26)/t10-/m1/s1. The van der Waals surface area contributed by atoms with Crippen LogP contribution in [0.5, 0.6) is 0 Å². The van der Waals surface area contributed by atoms with E-state index in [2.05, 4.69) is 26.1 Å². The molecular formula is C20H22F2N2O2S. The normalized spacial score (nSPS) is 16.7. The Balaban J connectivity index is 1.96. The molecule has 1 aromatic heterocycles. The third-order valence-corrected chi connectivity index (χ3v) is 6.32. The van der Waals surface area contributed by atoms with E-state index in [1.54, 1.807) is 0 Å². The molecule has 2 aromatic rings. The molecule has 0 saturated heterocycles. The van der Waals surface area contributed by atoms with Gasteiger partial charge in [0, 0.05) is 4.88 Å². The van der Waals surface area contributed by atoms with Crippen LogP contribution in [0, 0.1) is 23.0 Å². The number of thiophene rings is 1. The van der Waals surface area contributed by atoms with Gasteiger partial charge in [0.05, 0.1) is 5.56 Å². The van der Waals surface area contributed by atoms with E-state index in [-0.39, 0.29) is 16.0 Å². The Bertz CT molecular complexity index is 895. The van der Waals surface area contributed by atoms with Crippen molar-refractivity contribution in [3.63, 3.8) is 0 Å². The lowest BCUT2D eigenvalue weighted by Crippen LogP contribution is -2.27. The van der Waals surface area contributed by atoms with Crippen molar-refractivity contribution in [1.82, 2.24) is 0 Å². The van der Waals surface area contributed by atoms with Crippen LogP contribution in [0.25, 0.3) is 0 Å². The molecule has 0 aliphatic heterocycles. The van der Waals surface area contributed by atoms with Crippen molar-refractivity contribution in [2.24, 2.45) is 17.1 Å². The summed E-state index contributed by atoms with van der Waals surface area (Å²) < 4.78 is 27.8. The summed E-state index contributed by atoms with van der Waals surface area (Å²) in [6, 6.07) is 3.22. The third-order valence-electron chi connectivity index (χ3n) is 5.15. The zero-order chi connectivity index (χ0) is 19.9. The molecule has 3 N–H and O–H groups in total. The van der Waals surface area contributed by atoms with Crippen molar-refractivity contribution in [2.75, 3.05) is 5.32 Å². The van der Waals surface area contributed by atoms with Crippen LogP contribution in [0.1, 0.15) is 58.3 Å². The second-order valence-electron chi connectivity index (χ2n) is 7.93. The van der Waals surface area contributed by atoms with Crippen LogP contribution in [0.15, 0.2) is 18.2 Å². The molecule has 0 saturated carbocycles. The van der Waals surface area contributed by atoms with Crippen molar-refractivity contribution in [3.05, 3.63) is 51.4 Å². The van der Waals surface area contributed by atoms with E-state index in [0.717, 1.165) is 35.4 Å². The van der Waals surface area contributed by atoms with Gasteiger partial charge in [-0.05, 0) is 48.3 Å². The van der Waals surface area contributed by atoms with Gasteiger partial charge in [0.1, 0.15) is 22.2 Å². The van der Waals surface area contributed by atoms with Gasteiger partial charge in [-0.3, -0.25) is 9.59 Å². The maximum absolute atomic E-state index is 13.9. The minimum absolute atomic E-state index is 0.119. The van der Waals surface area contributed by atoms with Crippen LogP contribution >= 0.6 is 11.3 Å². The average molecular weight is 392 g/mol. The quantitative estimate of drug-likeness (QED) is 0.806. The van der Waals surface area contributed by atoms with Crippen LogP contribution in [-0.4, -0.2) is 11.8 Å². The summed E-state index contributed by atoms with van der Waals surface area (Å²) in [6.45, 7) is 6.53. The van der Waals surface area contributed by atoms with E-state index in [4.69, 9.17) is 5.73 Å². The van der Waals surface area contributed by atoms with E-state index in [1.807, 2.05) is 0 Å². The largest absolute Gasteiger partial charge is 0.365 e. The molecule has 0 bridgehead atoms. The molecule has 0 spiro atoms. The molecule has 1 heterocycles. The predicted octanol–water partition coefficient (Wildman–Crippen LogP) is 4.53. The Labute approximate surface area is 160 Å². The lowest BCUT2D eigenvalue weighted by atomic mass is 9.72. The Morgan fingerprint density at radius 1 is 1.19 bits per heavy atom. The predicted molar refractivity (Wildman–Crippen MR) is 102 cm³/mol. The van der Waals surface area contributed by atoms with Crippen molar-refractivity contribution in [3.8, 4) is 0 Å². The molecular weight excluding hydrogens is 370 g/mol. The first kappa shape index (κ1) is 19.5. The highest BCUT2D eigenvalue weighted by atomic mass is 32.1. The average Bonchev–Trinajstić information content (AvgIpc) is 2.90. The first-order chi connectivity index (χ1) is 12.6. The second-order valence-corrected chi connectivity index (χ2v) is 9.03. The van der Waals surface area contributed by atoms with Crippen LogP contribution in [0.2, 0.25) is 0 Å². The van der Waals surface area contributed by atoms with Crippen molar-refractivity contribution in [1.29, 1.82) is 0 Å². The molecule has 0 fully saturated rings. The summed E-state index contributed by atoms with van der Waals surface area (Å²) >= 11 is 1.27. The number of carbonyl (C=O) groups is 2. The Kier molecular flexibility index (Phi) is 5.08. The number of primary amides is 1. The zero-order valence-electron chi connectivity index (χ0n) is 15.5. The molecule has 1 aliphatic carbocycles. The number of anilines is 1. The fraction of sp³-hybridized carbons (Fsp3) is 0.400. The fourth-order valence-corrected chi connectivity index (χ4v) is 4.88. The van der Waals surface area contributed by atoms with Gasteiger partial charge in [-0.2, -0.15) is 0 Å². The topological polar surface area (TPSA) is 72.2 Å². The SMILES string of the molecule is CC(C)(C)[C@@H]1CCc2c(sc(NC(=O)c3c(F)cccc3F)c2C(N)=O)C1. The Morgan fingerprint density at radius 3 is 2.37 bits per heavy atom. The molecule has 2 amide bonds. The maximum atomic E-state index is 13.9. The number of amides is 2. The number of nitrogens with two attached hydrogens (primary N) is 1. The molecule has 1 atom stereocenters. The number of fused-ring (bicyclic) bond motifs is 1. The Hall–Kier alpha value is -2.28. The molecule has 3 rings (SSSR count). The third kappa shape index (κ3) is 3.74. The minimum atomic E-state index is -0.956. The smallest absolute Gasteiger partial charge is 0.262 e.